The first kappa shape index (κ1) is 33.2. The smallest absolute Gasteiger partial charge is 0.383 e. The molecule has 2 saturated heterocycles. The second-order valence-corrected chi connectivity index (χ2v) is 16.0. The van der Waals surface area contributed by atoms with Crippen LogP contribution in [0.4, 0.5) is 5.82 Å². The Kier molecular flexibility index (Phi) is 9.78. The minimum Gasteiger partial charge on any atom is -0.390 e. The predicted molar refractivity (Wildman–Crippen MR) is 160 cm³/mol. The lowest BCUT2D eigenvalue weighted by atomic mass is 9.94. The number of amides is 1. The Morgan fingerprint density at radius 1 is 1.14 bits per heavy atom. The van der Waals surface area contributed by atoms with Crippen LogP contribution in [0.25, 0.3) is 11.2 Å². The number of hydrogen-bond donors (Lipinski definition) is 6. The maximum absolute atomic E-state index is 11.8. The van der Waals surface area contributed by atoms with Crippen molar-refractivity contribution in [2.24, 2.45) is 17.6 Å². The summed E-state index contributed by atoms with van der Waals surface area (Å²) in [5, 5.41) is 10.8. The summed E-state index contributed by atoms with van der Waals surface area (Å²) in [5.41, 5.74) is 12.6. The quantitative estimate of drug-likeness (QED) is 0.122. The van der Waals surface area contributed by atoms with Crippen LogP contribution < -0.4 is 11.5 Å². The Hall–Kier alpha value is -2.12. The second-order valence-electron chi connectivity index (χ2n) is 10.4. The highest BCUT2D eigenvalue weighted by atomic mass is 32.7. The van der Waals surface area contributed by atoms with Crippen LogP contribution in [0.3, 0.4) is 0 Å². The Labute approximate surface area is 261 Å². The molecule has 2 unspecified atom stereocenters. The molecule has 240 valence electrons. The summed E-state index contributed by atoms with van der Waals surface area (Å²) in [6, 6.07) is 3.13. The van der Waals surface area contributed by atoms with E-state index in [4.69, 9.17) is 46.3 Å². The third kappa shape index (κ3) is 7.14. The molecule has 1 amide bonds. The standard InChI is InChI=1S/C23H31N7O10P2S2/c1-10-17(31)14(38-18(10)12-3-4-26-13(5-12)21(25)32)6-37-42(35,44)40-19-11(2)23(39-15(19)7-36-41(33,34)43)30-9-29-16-20(24)27-8-28-22(16)30/h3-5,8-11,14-15,17-19,23,31H,6-7H2,1-2H3,(H2,25,32)(H,35,44)(H2,24,27,28)(H2,33,34,43)/t10-,11-,14-,15-,17+,18-,19+,23-,42?/m1/s1. The van der Waals surface area contributed by atoms with E-state index in [9.17, 15) is 24.3 Å². The summed E-state index contributed by atoms with van der Waals surface area (Å²) in [5.74, 6) is -1.53. The number of fused-ring (bicyclic) bond motifs is 1. The zero-order chi connectivity index (χ0) is 32.0. The van der Waals surface area contributed by atoms with Crippen LogP contribution in [0.5, 0.6) is 0 Å². The fourth-order valence-electron chi connectivity index (χ4n) is 5.27. The number of nitrogens with two attached hydrogens (primary N) is 2. The molecule has 3 aromatic heterocycles. The zero-order valence-corrected chi connectivity index (χ0v) is 26.8. The number of hydrogen-bond acceptors (Lipinski definition) is 14. The van der Waals surface area contributed by atoms with Crippen LogP contribution in [0.2, 0.25) is 0 Å². The first-order chi connectivity index (χ1) is 20.6. The molecule has 0 aromatic carbocycles. The fraction of sp³-hybridized carbons (Fsp3) is 0.522. The van der Waals surface area contributed by atoms with E-state index in [1.807, 2.05) is 0 Å². The molecule has 7 N–H and O–H groups in total. The number of imidazole rings is 1. The van der Waals surface area contributed by atoms with Gasteiger partial charge in [-0.05, 0) is 29.5 Å². The number of pyridine rings is 1. The lowest BCUT2D eigenvalue weighted by Crippen LogP contribution is -2.32. The van der Waals surface area contributed by atoms with Gasteiger partial charge in [-0.3, -0.25) is 18.9 Å². The van der Waals surface area contributed by atoms with E-state index in [1.54, 1.807) is 24.5 Å². The average molecular weight is 692 g/mol. The van der Waals surface area contributed by atoms with Gasteiger partial charge in [0.1, 0.15) is 42.1 Å². The van der Waals surface area contributed by atoms with Gasteiger partial charge in [0.05, 0.1) is 31.7 Å². The van der Waals surface area contributed by atoms with E-state index < -0.39 is 74.6 Å². The summed E-state index contributed by atoms with van der Waals surface area (Å²) < 4.78 is 42.0. The molecule has 0 bridgehead atoms. The van der Waals surface area contributed by atoms with E-state index in [-0.39, 0.29) is 18.1 Å². The molecule has 5 rings (SSSR count). The summed E-state index contributed by atoms with van der Waals surface area (Å²) in [6.45, 7) is -5.51. The Balaban J connectivity index is 1.30. The molecule has 0 aliphatic carbocycles. The molecule has 0 spiro atoms. The number of aromatic nitrogens is 5. The lowest BCUT2D eigenvalue weighted by Gasteiger charge is -2.27. The molecule has 0 radical (unpaired) electrons. The third-order valence-corrected chi connectivity index (χ3v) is 9.85. The largest absolute Gasteiger partial charge is 0.390 e. The topological polar surface area (TPSA) is 250 Å². The number of carbonyl (C=O) groups is 1. The maximum atomic E-state index is 11.8. The van der Waals surface area contributed by atoms with E-state index in [1.165, 1.54) is 24.9 Å². The van der Waals surface area contributed by atoms with Gasteiger partial charge in [0, 0.05) is 18.0 Å². The van der Waals surface area contributed by atoms with E-state index >= 15 is 0 Å². The van der Waals surface area contributed by atoms with Crippen molar-refractivity contribution in [3.05, 3.63) is 42.2 Å². The first-order valence-corrected chi connectivity index (χ1v) is 18.5. The zero-order valence-electron chi connectivity index (χ0n) is 23.3. The van der Waals surface area contributed by atoms with Gasteiger partial charge >= 0.3 is 13.5 Å². The Bertz CT molecular complexity index is 1630. The van der Waals surface area contributed by atoms with Crippen molar-refractivity contribution in [1.29, 1.82) is 0 Å². The van der Waals surface area contributed by atoms with Gasteiger partial charge in [-0.25, -0.2) is 19.5 Å². The molecule has 17 nitrogen and oxygen atoms in total. The van der Waals surface area contributed by atoms with E-state index in [0.717, 1.165) is 0 Å². The molecule has 0 saturated carbocycles. The molecule has 2 aliphatic heterocycles. The van der Waals surface area contributed by atoms with Crippen LogP contribution in [0.1, 0.15) is 42.2 Å². The number of thiol groups is 1. The van der Waals surface area contributed by atoms with Gasteiger partial charge in [0.25, 0.3) is 5.91 Å². The number of nitrogen functional groups attached to an aromatic ring is 1. The highest BCUT2D eigenvalue weighted by molar-refractivity contribution is 8.44. The first-order valence-electron chi connectivity index (χ1n) is 13.2. The van der Waals surface area contributed by atoms with Gasteiger partial charge in [0.15, 0.2) is 11.5 Å². The fourth-order valence-corrected chi connectivity index (χ4v) is 7.32. The van der Waals surface area contributed by atoms with Gasteiger partial charge in [-0.15, -0.1) is 0 Å². The summed E-state index contributed by atoms with van der Waals surface area (Å²) in [7, 11) is 0. The van der Waals surface area contributed by atoms with Crippen LogP contribution in [0, 0.1) is 11.8 Å². The number of aliphatic hydroxyl groups excluding tert-OH is 1. The number of aliphatic hydroxyl groups is 1. The molecule has 44 heavy (non-hydrogen) atoms. The third-order valence-electron chi connectivity index (χ3n) is 7.46. The SMILES string of the molecule is C[C@@H]1[C@H](OP(O)(=S)OC[C@H]2O[C@@H](c3ccnc(C(N)=O)c3)[C@H](C)[C@@H]2O)[C@@H](COP(=O)(O)S)O[C@H]1n1cnc2c(N)ncnc21. The van der Waals surface area contributed by atoms with E-state index in [2.05, 4.69) is 32.2 Å². The number of anilines is 1. The van der Waals surface area contributed by atoms with Gasteiger partial charge in [0.2, 0.25) is 0 Å². The van der Waals surface area contributed by atoms with Gasteiger partial charge in [-0.2, -0.15) is 0 Å². The minimum absolute atomic E-state index is 0.0477. The maximum Gasteiger partial charge on any atom is 0.383 e. The highest BCUT2D eigenvalue weighted by Crippen LogP contribution is 2.53. The minimum atomic E-state index is -4.20. The number of ether oxygens (including phenoxy) is 2. The summed E-state index contributed by atoms with van der Waals surface area (Å²) in [4.78, 5) is 48.5. The van der Waals surface area contributed by atoms with Crippen molar-refractivity contribution in [2.75, 3.05) is 18.9 Å². The van der Waals surface area contributed by atoms with Crippen LogP contribution in [0.15, 0.2) is 31.0 Å². The van der Waals surface area contributed by atoms with Crippen LogP contribution in [-0.4, -0.2) is 82.9 Å². The highest BCUT2D eigenvalue weighted by Gasteiger charge is 2.48. The number of primary amides is 1. The van der Waals surface area contributed by atoms with Gasteiger partial charge < -0.3 is 44.9 Å². The lowest BCUT2D eigenvalue weighted by molar-refractivity contribution is -0.0426. The second kappa shape index (κ2) is 12.9. The van der Waals surface area contributed by atoms with Crippen LogP contribution >= 0.6 is 25.8 Å². The predicted octanol–water partition coefficient (Wildman–Crippen LogP) is 1.24. The number of nitrogens with zero attached hydrogens (tertiary/aromatic N) is 5. The van der Waals surface area contributed by atoms with Crippen molar-refractivity contribution >= 4 is 60.5 Å². The monoisotopic (exact) mass is 691 g/mol. The Morgan fingerprint density at radius 2 is 1.86 bits per heavy atom. The molecule has 2 aliphatic rings. The Morgan fingerprint density at radius 3 is 2.57 bits per heavy atom. The average Bonchev–Trinajstić information content (AvgIpc) is 3.61. The van der Waals surface area contributed by atoms with Crippen molar-refractivity contribution in [3.8, 4) is 0 Å². The van der Waals surface area contributed by atoms with Crippen molar-refractivity contribution in [3.63, 3.8) is 0 Å². The molecular formula is C23H31N7O10P2S2. The van der Waals surface area contributed by atoms with E-state index in [0.29, 0.717) is 16.7 Å². The summed E-state index contributed by atoms with van der Waals surface area (Å²) in [6.07, 6.45) is -1.23. The summed E-state index contributed by atoms with van der Waals surface area (Å²) >= 11 is 8.85. The molecular weight excluding hydrogens is 660 g/mol. The molecule has 2 fully saturated rings. The van der Waals surface area contributed by atoms with Crippen molar-refractivity contribution in [2.45, 2.75) is 50.6 Å². The molecule has 21 heteroatoms. The molecule has 10 atom stereocenters. The van der Waals surface area contributed by atoms with Crippen LogP contribution in [-0.2, 0) is 39.4 Å². The number of carbonyl (C=O) groups excluding carboxylic acids is 1. The molecule has 3 aromatic rings. The van der Waals surface area contributed by atoms with Crippen molar-refractivity contribution in [1.82, 2.24) is 24.5 Å². The molecule has 5 heterocycles. The van der Waals surface area contributed by atoms with Crippen molar-refractivity contribution < 1.29 is 47.3 Å². The number of rotatable bonds is 11. The normalized spacial score (nSPS) is 31.6. The van der Waals surface area contributed by atoms with Gasteiger partial charge in [-0.1, -0.05) is 26.1 Å².